The molecule has 2 aromatic rings. The second-order valence-corrected chi connectivity index (χ2v) is 4.43. The SMILES string of the molecule is CCNC(Cc1ccccc1F)c1ccccc1F. The van der Waals surface area contributed by atoms with Crippen molar-refractivity contribution in [2.45, 2.75) is 19.4 Å². The second-order valence-electron chi connectivity index (χ2n) is 4.43. The van der Waals surface area contributed by atoms with Crippen LogP contribution in [-0.4, -0.2) is 6.54 Å². The lowest BCUT2D eigenvalue weighted by Gasteiger charge is -2.19. The first-order valence-electron chi connectivity index (χ1n) is 6.43. The highest BCUT2D eigenvalue weighted by molar-refractivity contribution is 5.25. The van der Waals surface area contributed by atoms with Gasteiger partial charge in [-0.15, -0.1) is 0 Å². The van der Waals surface area contributed by atoms with Gasteiger partial charge in [0, 0.05) is 11.6 Å². The first-order chi connectivity index (χ1) is 9.22. The molecule has 0 spiro atoms. The van der Waals surface area contributed by atoms with Crippen molar-refractivity contribution in [1.82, 2.24) is 5.32 Å². The van der Waals surface area contributed by atoms with Gasteiger partial charge in [-0.2, -0.15) is 0 Å². The van der Waals surface area contributed by atoms with Crippen molar-refractivity contribution in [3.63, 3.8) is 0 Å². The van der Waals surface area contributed by atoms with E-state index in [2.05, 4.69) is 5.32 Å². The van der Waals surface area contributed by atoms with E-state index in [0.29, 0.717) is 24.1 Å². The molecule has 0 aliphatic heterocycles. The molecular formula is C16H17F2N. The molecule has 0 aliphatic carbocycles. The van der Waals surface area contributed by atoms with E-state index in [0.717, 1.165) is 0 Å². The third-order valence-corrected chi connectivity index (χ3v) is 3.11. The molecule has 0 radical (unpaired) electrons. The highest BCUT2D eigenvalue weighted by atomic mass is 19.1. The fourth-order valence-electron chi connectivity index (χ4n) is 2.18. The van der Waals surface area contributed by atoms with Gasteiger partial charge in [-0.1, -0.05) is 43.3 Å². The number of hydrogen-bond donors (Lipinski definition) is 1. The quantitative estimate of drug-likeness (QED) is 0.861. The molecule has 0 bridgehead atoms. The molecule has 2 aromatic carbocycles. The van der Waals surface area contributed by atoms with Crippen molar-refractivity contribution in [2.24, 2.45) is 0 Å². The highest BCUT2D eigenvalue weighted by Gasteiger charge is 2.16. The molecule has 0 aliphatic rings. The van der Waals surface area contributed by atoms with Crippen molar-refractivity contribution in [3.8, 4) is 0 Å². The number of likely N-dealkylation sites (N-methyl/N-ethyl adjacent to an activating group) is 1. The molecular weight excluding hydrogens is 244 g/mol. The third kappa shape index (κ3) is 3.38. The van der Waals surface area contributed by atoms with Crippen LogP contribution in [0.3, 0.4) is 0 Å². The Morgan fingerprint density at radius 1 is 0.947 bits per heavy atom. The summed E-state index contributed by atoms with van der Waals surface area (Å²) in [6, 6.07) is 13.0. The van der Waals surface area contributed by atoms with E-state index in [4.69, 9.17) is 0 Å². The molecule has 1 atom stereocenters. The van der Waals surface area contributed by atoms with E-state index < -0.39 is 0 Å². The zero-order valence-electron chi connectivity index (χ0n) is 10.9. The Hall–Kier alpha value is -1.74. The van der Waals surface area contributed by atoms with Gasteiger partial charge in [0.2, 0.25) is 0 Å². The maximum absolute atomic E-state index is 13.8. The molecule has 2 rings (SSSR count). The average molecular weight is 261 g/mol. The molecule has 1 nitrogen and oxygen atoms in total. The van der Waals surface area contributed by atoms with Crippen molar-refractivity contribution in [3.05, 3.63) is 71.3 Å². The fourth-order valence-corrected chi connectivity index (χ4v) is 2.18. The van der Waals surface area contributed by atoms with Crippen molar-refractivity contribution >= 4 is 0 Å². The van der Waals surface area contributed by atoms with E-state index in [1.807, 2.05) is 6.92 Å². The zero-order chi connectivity index (χ0) is 13.7. The summed E-state index contributed by atoms with van der Waals surface area (Å²) in [6.45, 7) is 2.66. The molecule has 1 N–H and O–H groups in total. The summed E-state index contributed by atoms with van der Waals surface area (Å²) in [6.07, 6.45) is 0.432. The number of benzene rings is 2. The Balaban J connectivity index is 2.27. The summed E-state index contributed by atoms with van der Waals surface area (Å²) in [4.78, 5) is 0. The van der Waals surface area contributed by atoms with Gasteiger partial charge in [-0.3, -0.25) is 0 Å². The predicted molar refractivity (Wildman–Crippen MR) is 72.9 cm³/mol. The minimum atomic E-state index is -0.259. The van der Waals surface area contributed by atoms with Gasteiger partial charge >= 0.3 is 0 Å². The smallest absolute Gasteiger partial charge is 0.127 e. The molecule has 0 saturated heterocycles. The van der Waals surface area contributed by atoms with Crippen LogP contribution in [0.5, 0.6) is 0 Å². The fraction of sp³-hybridized carbons (Fsp3) is 0.250. The lowest BCUT2D eigenvalue weighted by atomic mass is 9.98. The summed E-state index contributed by atoms with van der Waals surface area (Å²) < 4.78 is 27.5. The molecule has 3 heteroatoms. The van der Waals surface area contributed by atoms with Crippen LogP contribution in [0, 0.1) is 11.6 Å². The average Bonchev–Trinajstić information content (AvgIpc) is 2.41. The van der Waals surface area contributed by atoms with E-state index in [1.54, 1.807) is 36.4 Å². The van der Waals surface area contributed by atoms with Crippen LogP contribution in [0.2, 0.25) is 0 Å². The van der Waals surface area contributed by atoms with Crippen LogP contribution in [0.25, 0.3) is 0 Å². The van der Waals surface area contributed by atoms with Crippen LogP contribution in [-0.2, 0) is 6.42 Å². The van der Waals surface area contributed by atoms with Gasteiger partial charge in [0.1, 0.15) is 11.6 Å². The normalized spacial score (nSPS) is 12.4. The minimum Gasteiger partial charge on any atom is -0.310 e. The molecule has 19 heavy (non-hydrogen) atoms. The topological polar surface area (TPSA) is 12.0 Å². The first kappa shape index (κ1) is 13.7. The molecule has 0 saturated carbocycles. The molecule has 1 unspecified atom stereocenters. The van der Waals surface area contributed by atoms with Crippen LogP contribution in [0.15, 0.2) is 48.5 Å². The summed E-state index contributed by atoms with van der Waals surface area (Å²) in [5, 5.41) is 3.21. The lowest BCUT2D eigenvalue weighted by Crippen LogP contribution is -2.24. The summed E-state index contributed by atoms with van der Waals surface area (Å²) >= 11 is 0. The summed E-state index contributed by atoms with van der Waals surface area (Å²) in [5.41, 5.74) is 1.17. The van der Waals surface area contributed by atoms with E-state index in [1.165, 1.54) is 12.1 Å². The minimum absolute atomic E-state index is 0.219. The van der Waals surface area contributed by atoms with Crippen molar-refractivity contribution < 1.29 is 8.78 Å². The van der Waals surface area contributed by atoms with Crippen LogP contribution < -0.4 is 5.32 Å². The number of rotatable bonds is 5. The highest BCUT2D eigenvalue weighted by Crippen LogP contribution is 2.22. The Morgan fingerprint density at radius 2 is 1.58 bits per heavy atom. The zero-order valence-corrected chi connectivity index (χ0v) is 10.9. The van der Waals surface area contributed by atoms with Gasteiger partial charge in [0.05, 0.1) is 0 Å². The number of nitrogens with one attached hydrogen (secondary N) is 1. The number of hydrogen-bond acceptors (Lipinski definition) is 1. The first-order valence-corrected chi connectivity index (χ1v) is 6.43. The second kappa shape index (κ2) is 6.43. The predicted octanol–water partition coefficient (Wildman–Crippen LogP) is 3.86. The van der Waals surface area contributed by atoms with E-state index in [-0.39, 0.29) is 17.7 Å². The van der Waals surface area contributed by atoms with Crippen LogP contribution in [0.4, 0.5) is 8.78 Å². The maximum Gasteiger partial charge on any atom is 0.127 e. The van der Waals surface area contributed by atoms with Crippen molar-refractivity contribution in [1.29, 1.82) is 0 Å². The van der Waals surface area contributed by atoms with Crippen LogP contribution in [0.1, 0.15) is 24.1 Å². The van der Waals surface area contributed by atoms with E-state index >= 15 is 0 Å². The third-order valence-electron chi connectivity index (χ3n) is 3.11. The largest absolute Gasteiger partial charge is 0.310 e. The number of halogens is 2. The van der Waals surface area contributed by atoms with Gasteiger partial charge in [-0.05, 0) is 30.7 Å². The molecule has 0 fully saturated rings. The van der Waals surface area contributed by atoms with Crippen LogP contribution >= 0.6 is 0 Å². The lowest BCUT2D eigenvalue weighted by molar-refractivity contribution is 0.498. The molecule has 0 amide bonds. The molecule has 0 aromatic heterocycles. The van der Waals surface area contributed by atoms with Gasteiger partial charge in [0.15, 0.2) is 0 Å². The Kier molecular flexibility index (Phi) is 4.63. The summed E-state index contributed by atoms with van der Waals surface area (Å²) in [7, 11) is 0. The Bertz CT molecular complexity index is 540. The van der Waals surface area contributed by atoms with Gasteiger partial charge in [-0.25, -0.2) is 8.78 Å². The molecule has 100 valence electrons. The monoisotopic (exact) mass is 261 g/mol. The Labute approximate surface area is 112 Å². The molecule has 0 heterocycles. The van der Waals surface area contributed by atoms with Gasteiger partial charge in [0.25, 0.3) is 0 Å². The van der Waals surface area contributed by atoms with E-state index in [9.17, 15) is 8.78 Å². The Morgan fingerprint density at radius 3 is 2.21 bits per heavy atom. The summed E-state index contributed by atoms with van der Waals surface area (Å²) in [5.74, 6) is -0.508. The van der Waals surface area contributed by atoms with Gasteiger partial charge < -0.3 is 5.32 Å². The van der Waals surface area contributed by atoms with Crippen molar-refractivity contribution in [2.75, 3.05) is 6.54 Å². The standard InChI is InChI=1S/C16H17F2N/c1-2-19-16(13-8-4-6-10-15(13)18)11-12-7-3-5-9-14(12)17/h3-10,16,19H,2,11H2,1H3. The maximum atomic E-state index is 13.8.